The number of rotatable bonds is 6. The SMILES string of the molecule is CN(C)Cc1ccc2c(c1)CCN(Cc1ccc(C#N)c(-c3ccc4c(n3)n(C)c(=O)n4CC(C)(C)C)c1)C2. The van der Waals surface area contributed by atoms with Gasteiger partial charge in [-0.3, -0.25) is 14.0 Å². The summed E-state index contributed by atoms with van der Waals surface area (Å²) in [6.45, 7) is 10.7. The van der Waals surface area contributed by atoms with E-state index in [-0.39, 0.29) is 11.1 Å². The van der Waals surface area contributed by atoms with Crippen LogP contribution in [0.2, 0.25) is 0 Å². The second-order valence-electron chi connectivity index (χ2n) is 12.3. The minimum atomic E-state index is -0.0713. The molecular weight excluding hydrogens is 484 g/mol. The molecule has 4 aromatic rings. The molecule has 7 heteroatoms. The summed E-state index contributed by atoms with van der Waals surface area (Å²) in [6.07, 6.45) is 1.04. The molecule has 0 radical (unpaired) electrons. The van der Waals surface area contributed by atoms with Gasteiger partial charge in [-0.25, -0.2) is 9.78 Å². The van der Waals surface area contributed by atoms with Crippen LogP contribution >= 0.6 is 0 Å². The maximum Gasteiger partial charge on any atom is 0.330 e. The summed E-state index contributed by atoms with van der Waals surface area (Å²) >= 11 is 0. The largest absolute Gasteiger partial charge is 0.330 e. The molecule has 1 aliphatic rings. The van der Waals surface area contributed by atoms with E-state index >= 15 is 0 Å². The Morgan fingerprint density at radius 1 is 1.03 bits per heavy atom. The normalized spacial score (nSPS) is 14.1. The van der Waals surface area contributed by atoms with Crippen LogP contribution in [0, 0.1) is 16.7 Å². The monoisotopic (exact) mass is 522 g/mol. The summed E-state index contributed by atoms with van der Waals surface area (Å²) in [5.41, 5.74) is 8.80. The zero-order valence-corrected chi connectivity index (χ0v) is 24.0. The molecule has 0 amide bonds. The number of benzene rings is 2. The molecule has 0 spiro atoms. The van der Waals surface area contributed by atoms with Crippen molar-refractivity contribution in [3.8, 4) is 17.3 Å². The van der Waals surface area contributed by atoms with Crippen molar-refractivity contribution in [1.29, 1.82) is 5.26 Å². The lowest BCUT2D eigenvalue weighted by atomic mass is 9.96. The number of nitrogens with zero attached hydrogens (tertiary/aromatic N) is 6. The van der Waals surface area contributed by atoms with Crippen molar-refractivity contribution in [3.63, 3.8) is 0 Å². The molecule has 0 aliphatic carbocycles. The molecule has 0 bridgehead atoms. The van der Waals surface area contributed by atoms with E-state index in [1.54, 1.807) is 16.2 Å². The number of hydrogen-bond donors (Lipinski definition) is 0. The van der Waals surface area contributed by atoms with Gasteiger partial charge < -0.3 is 4.90 Å². The Kier molecular flexibility index (Phi) is 7.19. The molecule has 39 heavy (non-hydrogen) atoms. The third-order valence-electron chi connectivity index (χ3n) is 7.36. The summed E-state index contributed by atoms with van der Waals surface area (Å²) < 4.78 is 3.40. The molecule has 3 heterocycles. The van der Waals surface area contributed by atoms with Crippen LogP contribution in [0.1, 0.15) is 48.6 Å². The van der Waals surface area contributed by atoms with Crippen molar-refractivity contribution < 1.29 is 0 Å². The molecule has 7 nitrogen and oxygen atoms in total. The lowest BCUT2D eigenvalue weighted by molar-refractivity contribution is 0.245. The van der Waals surface area contributed by atoms with Crippen LogP contribution in [0.4, 0.5) is 0 Å². The summed E-state index contributed by atoms with van der Waals surface area (Å²) in [7, 11) is 5.97. The van der Waals surface area contributed by atoms with Crippen molar-refractivity contribution in [1.82, 2.24) is 23.9 Å². The maximum absolute atomic E-state index is 13.0. The Labute approximate surface area is 230 Å². The first-order valence-corrected chi connectivity index (χ1v) is 13.6. The second kappa shape index (κ2) is 10.4. The molecule has 202 valence electrons. The van der Waals surface area contributed by atoms with Crippen LogP contribution in [0.3, 0.4) is 0 Å². The number of aromatic nitrogens is 3. The number of hydrogen-bond acceptors (Lipinski definition) is 5. The summed E-state index contributed by atoms with van der Waals surface area (Å²) in [6, 6.07) is 19.1. The summed E-state index contributed by atoms with van der Waals surface area (Å²) in [5, 5.41) is 9.87. The third-order valence-corrected chi connectivity index (χ3v) is 7.36. The van der Waals surface area contributed by atoms with E-state index in [2.05, 4.69) is 75.0 Å². The van der Waals surface area contributed by atoms with Gasteiger partial charge in [0.05, 0.1) is 22.8 Å². The molecular formula is C32H38N6O. The molecule has 0 saturated heterocycles. The molecule has 2 aromatic heterocycles. The first-order chi connectivity index (χ1) is 18.5. The quantitative estimate of drug-likeness (QED) is 0.359. The Morgan fingerprint density at radius 2 is 1.79 bits per heavy atom. The predicted molar refractivity (Wildman–Crippen MR) is 156 cm³/mol. The van der Waals surface area contributed by atoms with E-state index in [1.165, 1.54) is 16.7 Å². The fourth-order valence-corrected chi connectivity index (χ4v) is 5.57. The number of aryl methyl sites for hydroxylation is 1. The molecule has 5 rings (SSSR count). The Balaban J connectivity index is 1.42. The van der Waals surface area contributed by atoms with Crippen LogP contribution in [-0.2, 0) is 39.6 Å². The molecule has 0 N–H and O–H groups in total. The average molecular weight is 523 g/mol. The van der Waals surface area contributed by atoms with Gasteiger partial charge in [0.1, 0.15) is 0 Å². The van der Waals surface area contributed by atoms with Crippen LogP contribution in [0.25, 0.3) is 22.4 Å². The van der Waals surface area contributed by atoms with E-state index in [0.717, 1.165) is 49.2 Å². The highest BCUT2D eigenvalue weighted by Crippen LogP contribution is 2.28. The Morgan fingerprint density at radius 3 is 2.51 bits per heavy atom. The van der Waals surface area contributed by atoms with Crippen LogP contribution in [0.15, 0.2) is 53.3 Å². The predicted octanol–water partition coefficient (Wildman–Crippen LogP) is 4.94. The van der Waals surface area contributed by atoms with Gasteiger partial charge in [0, 0.05) is 45.3 Å². The lowest BCUT2D eigenvalue weighted by Gasteiger charge is -2.29. The number of pyridine rings is 1. The van der Waals surface area contributed by atoms with Gasteiger partial charge in [0.15, 0.2) is 5.65 Å². The standard InChI is InChI=1S/C32H38N6O/c1-32(2,3)21-38-29-12-11-28(34-30(29)36(6)31(38)39)27-16-23(7-9-25(27)17-33)19-37-14-13-24-15-22(18-35(4)5)8-10-26(24)20-37/h7-12,15-16H,13-14,18-21H2,1-6H3. The average Bonchev–Trinajstić information content (AvgIpc) is 3.11. The van der Waals surface area contributed by atoms with E-state index in [0.29, 0.717) is 23.4 Å². The maximum atomic E-state index is 13.0. The van der Waals surface area contributed by atoms with Crippen LogP contribution in [0.5, 0.6) is 0 Å². The summed E-state index contributed by atoms with van der Waals surface area (Å²) in [4.78, 5) is 22.5. The van der Waals surface area contributed by atoms with E-state index in [1.807, 2.05) is 24.3 Å². The number of imidazole rings is 1. The molecule has 0 unspecified atom stereocenters. The lowest BCUT2D eigenvalue weighted by Crippen LogP contribution is -2.30. The van der Waals surface area contributed by atoms with Crippen molar-refractivity contribution in [2.75, 3.05) is 20.6 Å². The van der Waals surface area contributed by atoms with Gasteiger partial charge in [-0.15, -0.1) is 0 Å². The van der Waals surface area contributed by atoms with Crippen molar-refractivity contribution in [2.45, 2.75) is 53.4 Å². The van der Waals surface area contributed by atoms with Gasteiger partial charge in [0.2, 0.25) is 0 Å². The topological polar surface area (TPSA) is 70.1 Å². The fourth-order valence-electron chi connectivity index (χ4n) is 5.57. The first-order valence-electron chi connectivity index (χ1n) is 13.6. The van der Waals surface area contributed by atoms with Crippen LogP contribution < -0.4 is 5.69 Å². The molecule has 0 atom stereocenters. The van der Waals surface area contributed by atoms with E-state index < -0.39 is 0 Å². The van der Waals surface area contributed by atoms with E-state index in [9.17, 15) is 10.1 Å². The number of fused-ring (bicyclic) bond motifs is 2. The number of nitriles is 1. The van der Waals surface area contributed by atoms with E-state index in [4.69, 9.17) is 4.98 Å². The van der Waals surface area contributed by atoms with Crippen molar-refractivity contribution in [3.05, 3.63) is 86.8 Å². The fraction of sp³-hybridized carbons (Fsp3) is 0.406. The zero-order valence-electron chi connectivity index (χ0n) is 24.0. The van der Waals surface area contributed by atoms with Gasteiger partial charge in [-0.1, -0.05) is 45.0 Å². The van der Waals surface area contributed by atoms with Gasteiger partial charge in [-0.05, 0) is 72.5 Å². The van der Waals surface area contributed by atoms with Crippen molar-refractivity contribution >= 4 is 11.2 Å². The third kappa shape index (κ3) is 5.68. The van der Waals surface area contributed by atoms with Crippen LogP contribution in [-0.4, -0.2) is 44.6 Å². The van der Waals surface area contributed by atoms with Gasteiger partial charge in [0.25, 0.3) is 0 Å². The smallest absolute Gasteiger partial charge is 0.305 e. The minimum Gasteiger partial charge on any atom is -0.305 e. The highest BCUT2D eigenvalue weighted by molar-refractivity contribution is 5.78. The highest BCUT2D eigenvalue weighted by atomic mass is 16.1. The second-order valence-corrected chi connectivity index (χ2v) is 12.3. The molecule has 1 aliphatic heterocycles. The zero-order chi connectivity index (χ0) is 27.9. The Hall–Kier alpha value is -3.73. The van der Waals surface area contributed by atoms with Gasteiger partial charge in [-0.2, -0.15) is 5.26 Å². The van der Waals surface area contributed by atoms with Crippen molar-refractivity contribution in [2.24, 2.45) is 12.5 Å². The molecule has 2 aromatic carbocycles. The molecule has 0 saturated carbocycles. The first kappa shape index (κ1) is 26.9. The van der Waals surface area contributed by atoms with Gasteiger partial charge >= 0.3 is 5.69 Å². The highest BCUT2D eigenvalue weighted by Gasteiger charge is 2.21. The minimum absolute atomic E-state index is 0.0391. The molecule has 0 fully saturated rings. The Bertz CT molecular complexity index is 1630. The summed E-state index contributed by atoms with van der Waals surface area (Å²) in [5.74, 6) is 0.